The number of aromatic nitrogens is 1. The topological polar surface area (TPSA) is 151 Å². The molecule has 2 aromatic carbocycles. The van der Waals surface area contributed by atoms with Crippen molar-refractivity contribution in [3.05, 3.63) is 59.8 Å². The second-order valence-corrected chi connectivity index (χ2v) is 10.4. The number of aliphatic hydroxyl groups excluding tert-OH is 4. The van der Waals surface area contributed by atoms with Gasteiger partial charge in [0.25, 0.3) is 5.91 Å². The summed E-state index contributed by atoms with van der Waals surface area (Å²) in [6.07, 6.45) is -2.47. The Morgan fingerprint density at radius 3 is 2.48 bits per heavy atom. The number of amides is 1. The molecule has 0 aliphatic carbocycles. The number of anilines is 1. The summed E-state index contributed by atoms with van der Waals surface area (Å²) < 4.78 is 6.97. The van der Waals surface area contributed by atoms with Gasteiger partial charge in [-0.3, -0.25) is 4.79 Å². The van der Waals surface area contributed by atoms with E-state index in [1.807, 2.05) is 29.8 Å². The summed E-state index contributed by atoms with van der Waals surface area (Å²) in [5, 5.41) is 53.6. The Hall–Kier alpha value is -3.72. The van der Waals surface area contributed by atoms with E-state index in [4.69, 9.17) is 4.74 Å². The Labute approximate surface area is 232 Å². The third-order valence-corrected chi connectivity index (χ3v) is 7.81. The first-order valence-corrected chi connectivity index (χ1v) is 13.5. The highest BCUT2D eigenvalue weighted by Crippen LogP contribution is 2.30. The average molecular weight is 547 g/mol. The number of hydrogen-bond donors (Lipinski definition) is 5. The van der Waals surface area contributed by atoms with Crippen molar-refractivity contribution in [2.75, 3.05) is 24.5 Å². The molecule has 40 heavy (non-hydrogen) atoms. The third kappa shape index (κ3) is 5.61. The van der Waals surface area contributed by atoms with Crippen LogP contribution in [0.3, 0.4) is 0 Å². The van der Waals surface area contributed by atoms with E-state index >= 15 is 0 Å². The van der Waals surface area contributed by atoms with Crippen molar-refractivity contribution in [1.29, 1.82) is 5.26 Å². The normalized spacial score (nSPS) is 25.6. The summed E-state index contributed by atoms with van der Waals surface area (Å²) in [5.74, 6) is -0.702. The van der Waals surface area contributed by atoms with Crippen LogP contribution in [0.1, 0.15) is 25.0 Å². The minimum absolute atomic E-state index is 0.164. The molecule has 1 amide bonds. The number of nitrogens with zero attached hydrogens (tertiary/aromatic N) is 3. The van der Waals surface area contributed by atoms with Gasteiger partial charge in [-0.15, -0.1) is 0 Å². The van der Waals surface area contributed by atoms with Crippen LogP contribution >= 0.6 is 0 Å². The Morgan fingerprint density at radius 2 is 1.73 bits per heavy atom. The van der Waals surface area contributed by atoms with Gasteiger partial charge >= 0.3 is 0 Å². The zero-order valence-electron chi connectivity index (χ0n) is 22.3. The molecule has 3 aromatic rings. The average Bonchev–Trinajstić information content (AvgIpc) is 3.35. The number of nitrogens with one attached hydrogen (secondary N) is 1. The van der Waals surface area contributed by atoms with E-state index in [0.29, 0.717) is 5.69 Å². The summed E-state index contributed by atoms with van der Waals surface area (Å²) in [6.45, 7) is 1.91. The van der Waals surface area contributed by atoms with Crippen LogP contribution in [0.5, 0.6) is 0 Å². The van der Waals surface area contributed by atoms with Crippen molar-refractivity contribution in [2.45, 2.75) is 50.0 Å². The second-order valence-electron chi connectivity index (χ2n) is 10.4. The number of nitriles is 1. The van der Waals surface area contributed by atoms with Crippen molar-refractivity contribution in [2.24, 2.45) is 7.05 Å². The fraction of sp³-hybridized carbons (Fsp3) is 0.400. The fourth-order valence-electron chi connectivity index (χ4n) is 5.39. The van der Waals surface area contributed by atoms with Crippen LogP contribution in [0.2, 0.25) is 0 Å². The van der Waals surface area contributed by atoms with E-state index in [1.54, 1.807) is 0 Å². The molecule has 2 fully saturated rings. The molecule has 2 saturated heterocycles. The largest absolute Gasteiger partial charge is 0.388 e. The zero-order valence-corrected chi connectivity index (χ0v) is 22.3. The molecule has 5 rings (SSSR count). The van der Waals surface area contributed by atoms with Crippen LogP contribution in [0.15, 0.2) is 54.1 Å². The molecule has 1 aromatic heterocycles. The van der Waals surface area contributed by atoms with E-state index in [2.05, 4.69) is 46.6 Å². The van der Waals surface area contributed by atoms with Crippen LogP contribution in [-0.2, 0) is 16.6 Å². The number of rotatable bonds is 6. The molecule has 210 valence electrons. The Bertz CT molecular complexity index is 1450. The lowest BCUT2D eigenvalue weighted by Gasteiger charge is -2.38. The highest BCUT2D eigenvalue weighted by atomic mass is 16.6. The number of aliphatic hydroxyl groups is 4. The Kier molecular flexibility index (Phi) is 8.21. The third-order valence-electron chi connectivity index (χ3n) is 7.81. The van der Waals surface area contributed by atoms with Gasteiger partial charge in [0.15, 0.2) is 6.29 Å². The first kappa shape index (κ1) is 27.8. The Balaban J connectivity index is 1.30. The van der Waals surface area contributed by atoms with E-state index in [-0.39, 0.29) is 12.1 Å². The number of hydrogen-bond acceptors (Lipinski definition) is 8. The SMILES string of the molecule is Cn1c(/C=C(\C#N)C(=O)NC[C@H]2OC(O)[C@H](O)[C@@H](O)[C@@H]2O)ccc1-c1ccc2cc(N3CCCCC3)ccc2c1. The maximum absolute atomic E-state index is 12.7. The van der Waals surface area contributed by atoms with E-state index < -0.39 is 36.6 Å². The van der Waals surface area contributed by atoms with Gasteiger partial charge in [-0.2, -0.15) is 5.26 Å². The number of fused-ring (bicyclic) bond motifs is 1. The number of piperidine rings is 1. The summed E-state index contributed by atoms with van der Waals surface area (Å²) in [7, 11) is 1.86. The minimum Gasteiger partial charge on any atom is -0.388 e. The highest BCUT2D eigenvalue weighted by molar-refractivity contribution is 6.01. The molecular weight excluding hydrogens is 512 g/mol. The van der Waals surface area contributed by atoms with Gasteiger partial charge < -0.3 is 39.9 Å². The zero-order chi connectivity index (χ0) is 28.4. The lowest BCUT2D eigenvalue weighted by atomic mass is 9.99. The fourth-order valence-corrected chi connectivity index (χ4v) is 5.39. The first-order valence-electron chi connectivity index (χ1n) is 13.5. The second kappa shape index (κ2) is 11.8. The van der Waals surface area contributed by atoms with Gasteiger partial charge in [0, 0.05) is 43.8 Å². The molecule has 1 unspecified atom stereocenters. The molecule has 2 aliphatic rings. The molecule has 0 saturated carbocycles. The quantitative estimate of drug-likeness (QED) is 0.231. The molecular formula is C30H34N4O6. The van der Waals surface area contributed by atoms with Crippen LogP contribution in [0.25, 0.3) is 28.1 Å². The summed E-state index contributed by atoms with van der Waals surface area (Å²) in [4.78, 5) is 15.1. The maximum atomic E-state index is 12.7. The van der Waals surface area contributed by atoms with Gasteiger partial charge in [0.1, 0.15) is 36.1 Å². The Morgan fingerprint density at radius 1 is 1.00 bits per heavy atom. The van der Waals surface area contributed by atoms with Crippen molar-refractivity contribution >= 4 is 28.4 Å². The molecule has 5 atom stereocenters. The molecule has 0 spiro atoms. The van der Waals surface area contributed by atoms with Gasteiger partial charge in [0.2, 0.25) is 0 Å². The number of ether oxygens (including phenoxy) is 1. The van der Waals surface area contributed by atoms with Crippen LogP contribution in [0.4, 0.5) is 5.69 Å². The minimum atomic E-state index is -1.71. The monoisotopic (exact) mass is 546 g/mol. The van der Waals surface area contributed by atoms with Crippen molar-refractivity contribution in [3.8, 4) is 17.3 Å². The van der Waals surface area contributed by atoms with Gasteiger partial charge in [-0.1, -0.05) is 18.2 Å². The number of benzene rings is 2. The lowest BCUT2D eigenvalue weighted by molar-refractivity contribution is -0.280. The number of carbonyl (C=O) groups is 1. The molecule has 3 heterocycles. The first-order chi connectivity index (χ1) is 19.3. The predicted octanol–water partition coefficient (Wildman–Crippen LogP) is 1.66. The van der Waals surface area contributed by atoms with Crippen LogP contribution < -0.4 is 10.2 Å². The standard InChI is InChI=1S/C30H34N4O6/c1-33-22(15-21(16-31)29(38)32-17-25-26(35)27(36)28(37)30(39)40-25)9-10-24(33)20-6-5-19-14-23(8-7-18(19)13-20)34-11-3-2-4-12-34/h5-10,13-15,25-28,30,35-37,39H,2-4,11-12,17H2,1H3,(H,32,38)/b21-15+/t25-,26-,27+,28-,30?/m1/s1. The summed E-state index contributed by atoms with van der Waals surface area (Å²) in [6, 6.07) is 18.5. The van der Waals surface area contributed by atoms with E-state index in [0.717, 1.165) is 29.7 Å². The van der Waals surface area contributed by atoms with E-state index in [1.165, 1.54) is 36.4 Å². The van der Waals surface area contributed by atoms with Crippen molar-refractivity contribution in [3.63, 3.8) is 0 Å². The lowest BCUT2D eigenvalue weighted by Crippen LogP contribution is -2.60. The smallest absolute Gasteiger partial charge is 0.262 e. The molecule has 5 N–H and O–H groups in total. The predicted molar refractivity (Wildman–Crippen MR) is 150 cm³/mol. The summed E-state index contributed by atoms with van der Waals surface area (Å²) >= 11 is 0. The molecule has 10 heteroatoms. The molecule has 2 aliphatic heterocycles. The maximum Gasteiger partial charge on any atom is 0.262 e. The summed E-state index contributed by atoms with van der Waals surface area (Å²) in [5.41, 5.74) is 3.66. The van der Waals surface area contributed by atoms with Crippen LogP contribution in [-0.4, -0.2) is 81.2 Å². The number of carbonyl (C=O) groups excluding carboxylic acids is 1. The van der Waals surface area contributed by atoms with Crippen molar-refractivity contribution < 1.29 is 30.0 Å². The van der Waals surface area contributed by atoms with Gasteiger partial charge in [0.05, 0.1) is 0 Å². The van der Waals surface area contributed by atoms with Crippen molar-refractivity contribution in [1.82, 2.24) is 9.88 Å². The van der Waals surface area contributed by atoms with Gasteiger partial charge in [-0.05, 0) is 72.0 Å². The highest BCUT2D eigenvalue weighted by Gasteiger charge is 2.43. The molecule has 0 radical (unpaired) electrons. The van der Waals surface area contributed by atoms with Crippen LogP contribution in [0, 0.1) is 11.3 Å². The van der Waals surface area contributed by atoms with E-state index in [9.17, 15) is 30.5 Å². The molecule has 10 nitrogen and oxygen atoms in total. The molecule has 0 bridgehead atoms. The van der Waals surface area contributed by atoms with Gasteiger partial charge in [-0.25, -0.2) is 0 Å².